The van der Waals surface area contributed by atoms with Gasteiger partial charge in [0.2, 0.25) is 0 Å². The normalized spacial score (nSPS) is 30.0. The summed E-state index contributed by atoms with van der Waals surface area (Å²) in [6.07, 6.45) is 4.18. The SMILES string of the molecule is BC1(C)C=C([C@@H](CO)NC(O)c2ccc(-c3nc([C@H]4CC[C@H](O)CC4)cnc3N)cc2F)C(C)C(F)C1. The Morgan fingerprint density at radius 2 is 1.97 bits per heavy atom. The number of halogens is 2. The minimum atomic E-state index is -1.43. The van der Waals surface area contributed by atoms with E-state index in [0.29, 0.717) is 36.1 Å². The van der Waals surface area contributed by atoms with Crippen molar-refractivity contribution >= 4 is 13.7 Å². The molecular weight excluding hydrogens is 477 g/mol. The second-order valence-electron chi connectivity index (χ2n) is 11.2. The highest BCUT2D eigenvalue weighted by molar-refractivity contribution is 6.16. The summed E-state index contributed by atoms with van der Waals surface area (Å²) in [4.78, 5) is 8.94. The predicted octanol–water partition coefficient (Wildman–Crippen LogP) is 2.94. The lowest BCUT2D eigenvalue weighted by molar-refractivity contribution is 0.101. The van der Waals surface area contributed by atoms with Crippen LogP contribution in [0.4, 0.5) is 14.6 Å². The molecule has 2 aliphatic carbocycles. The number of aliphatic hydroxyl groups excluding tert-OH is 3. The molecule has 0 spiro atoms. The van der Waals surface area contributed by atoms with Crippen LogP contribution in [0.1, 0.15) is 69.4 Å². The number of nitrogens with zero attached hydrogens (tertiary/aromatic N) is 2. The van der Waals surface area contributed by atoms with Crippen LogP contribution in [0.2, 0.25) is 5.31 Å². The van der Waals surface area contributed by atoms with Crippen molar-refractivity contribution in [2.75, 3.05) is 12.3 Å². The summed E-state index contributed by atoms with van der Waals surface area (Å²) in [7, 11) is 1.93. The van der Waals surface area contributed by atoms with Gasteiger partial charge < -0.3 is 21.1 Å². The van der Waals surface area contributed by atoms with Crippen LogP contribution in [0.15, 0.2) is 36.0 Å². The van der Waals surface area contributed by atoms with Crippen molar-refractivity contribution in [3.63, 3.8) is 0 Å². The Bertz CT molecular complexity index is 1140. The third-order valence-electron chi connectivity index (χ3n) is 7.79. The van der Waals surface area contributed by atoms with Crippen molar-refractivity contribution in [3.05, 3.63) is 53.1 Å². The van der Waals surface area contributed by atoms with Gasteiger partial charge in [0.15, 0.2) is 0 Å². The van der Waals surface area contributed by atoms with E-state index in [2.05, 4.69) is 15.3 Å². The zero-order valence-electron chi connectivity index (χ0n) is 21.7. The van der Waals surface area contributed by atoms with Gasteiger partial charge in [0, 0.05) is 23.0 Å². The quantitative estimate of drug-likeness (QED) is 0.219. The van der Waals surface area contributed by atoms with Gasteiger partial charge in [-0.2, -0.15) is 0 Å². The number of anilines is 1. The number of hydrogen-bond acceptors (Lipinski definition) is 7. The topological polar surface area (TPSA) is 125 Å². The molecule has 6 N–H and O–H groups in total. The van der Waals surface area contributed by atoms with E-state index < -0.39 is 30.2 Å². The molecule has 1 fully saturated rings. The molecule has 1 saturated carbocycles. The van der Waals surface area contributed by atoms with E-state index in [9.17, 15) is 19.7 Å². The van der Waals surface area contributed by atoms with Crippen molar-refractivity contribution < 1.29 is 24.1 Å². The summed E-state index contributed by atoms with van der Waals surface area (Å²) < 4.78 is 29.9. The number of nitrogens with one attached hydrogen (secondary N) is 1. The fourth-order valence-corrected chi connectivity index (χ4v) is 5.57. The average Bonchev–Trinajstić information content (AvgIpc) is 2.85. The van der Waals surface area contributed by atoms with Crippen molar-refractivity contribution in [3.8, 4) is 11.3 Å². The molecule has 37 heavy (non-hydrogen) atoms. The molecule has 4 rings (SSSR count). The number of nitrogen functional groups attached to an aromatic ring is 1. The van der Waals surface area contributed by atoms with E-state index in [0.717, 1.165) is 18.5 Å². The molecule has 2 aliphatic rings. The first-order valence-corrected chi connectivity index (χ1v) is 13.0. The van der Waals surface area contributed by atoms with E-state index in [4.69, 9.17) is 5.73 Å². The van der Waals surface area contributed by atoms with Crippen molar-refractivity contribution in [1.82, 2.24) is 15.3 Å². The number of rotatable bonds is 7. The van der Waals surface area contributed by atoms with Crippen LogP contribution in [0.25, 0.3) is 11.3 Å². The van der Waals surface area contributed by atoms with E-state index in [1.165, 1.54) is 12.1 Å². The zero-order valence-corrected chi connectivity index (χ0v) is 21.7. The van der Waals surface area contributed by atoms with Crippen LogP contribution in [0, 0.1) is 11.7 Å². The Labute approximate surface area is 217 Å². The monoisotopic (exact) mass is 514 g/mol. The van der Waals surface area contributed by atoms with Gasteiger partial charge in [0.1, 0.15) is 37.6 Å². The molecule has 5 atom stereocenters. The lowest BCUT2D eigenvalue weighted by Crippen LogP contribution is -2.43. The number of benzene rings is 1. The van der Waals surface area contributed by atoms with Gasteiger partial charge in [-0.3, -0.25) is 5.32 Å². The van der Waals surface area contributed by atoms with Crippen molar-refractivity contribution in [2.45, 2.75) is 81.7 Å². The van der Waals surface area contributed by atoms with E-state index >= 15 is 4.39 Å². The number of aliphatic hydroxyl groups is 3. The van der Waals surface area contributed by atoms with E-state index in [-0.39, 0.29) is 35.3 Å². The molecule has 1 heterocycles. The van der Waals surface area contributed by atoms with Gasteiger partial charge in [0.25, 0.3) is 0 Å². The molecule has 0 bridgehead atoms. The van der Waals surface area contributed by atoms with Crippen LogP contribution in [-0.4, -0.2) is 58.1 Å². The lowest BCUT2D eigenvalue weighted by atomic mass is 9.60. The first-order valence-electron chi connectivity index (χ1n) is 13.0. The molecule has 200 valence electrons. The van der Waals surface area contributed by atoms with Crippen LogP contribution in [0.3, 0.4) is 0 Å². The molecule has 1 aromatic carbocycles. The zero-order chi connectivity index (χ0) is 26.9. The summed E-state index contributed by atoms with van der Waals surface area (Å²) in [6.45, 7) is 3.32. The molecule has 0 radical (unpaired) electrons. The molecule has 0 aliphatic heterocycles. The second kappa shape index (κ2) is 11.1. The predicted molar refractivity (Wildman–Crippen MR) is 142 cm³/mol. The maximum Gasteiger partial charge on any atom is 0.150 e. The standard InChI is InChI=1S/C27H37BF2N4O3/c1-14-19(10-27(2,28)11-21(14)30)23(13-35)34-26(37)18-8-5-16(9-20(18)29)24-25(31)32-12-22(33-24)15-3-6-17(36)7-4-15/h5,8-10,12,14-15,17,21,23,26,34-37H,3-4,6-7,11,13,28H2,1-2H3,(H2,31,32)/t14?,15-,17-,21?,23-,26?,27?/m1/s1. The number of hydrogen-bond donors (Lipinski definition) is 5. The summed E-state index contributed by atoms with van der Waals surface area (Å²) in [5, 5.41) is 33.1. The molecular formula is C27H37BF2N4O3. The van der Waals surface area contributed by atoms with Crippen LogP contribution >= 0.6 is 0 Å². The summed E-state index contributed by atoms with van der Waals surface area (Å²) in [6, 6.07) is 3.60. The highest BCUT2D eigenvalue weighted by Gasteiger charge is 2.36. The highest BCUT2D eigenvalue weighted by Crippen LogP contribution is 2.42. The highest BCUT2D eigenvalue weighted by atomic mass is 19.1. The van der Waals surface area contributed by atoms with Crippen molar-refractivity contribution in [2.24, 2.45) is 5.92 Å². The molecule has 0 saturated heterocycles. The Hall–Kier alpha value is -2.40. The summed E-state index contributed by atoms with van der Waals surface area (Å²) in [5.41, 5.74) is 8.28. The molecule has 4 unspecified atom stereocenters. The molecule has 0 amide bonds. The fraction of sp³-hybridized carbons (Fsp3) is 0.556. The number of alkyl halides is 1. The van der Waals surface area contributed by atoms with Gasteiger partial charge in [-0.15, -0.1) is 0 Å². The Kier molecular flexibility index (Phi) is 8.33. The Balaban J connectivity index is 1.54. The smallest absolute Gasteiger partial charge is 0.150 e. The molecule has 2 aromatic rings. The number of nitrogens with two attached hydrogens (primary N) is 1. The minimum Gasteiger partial charge on any atom is -0.394 e. The van der Waals surface area contributed by atoms with Gasteiger partial charge in [-0.05, 0) is 49.1 Å². The van der Waals surface area contributed by atoms with Gasteiger partial charge in [0.05, 0.1) is 30.6 Å². The lowest BCUT2D eigenvalue weighted by Gasteiger charge is -2.38. The van der Waals surface area contributed by atoms with Crippen molar-refractivity contribution in [1.29, 1.82) is 0 Å². The maximum absolute atomic E-state index is 15.2. The first kappa shape index (κ1) is 27.6. The second-order valence-corrected chi connectivity index (χ2v) is 11.2. The Morgan fingerprint density at radius 1 is 1.27 bits per heavy atom. The van der Waals surface area contributed by atoms with Gasteiger partial charge >= 0.3 is 0 Å². The maximum atomic E-state index is 15.2. The molecule has 7 nitrogen and oxygen atoms in total. The van der Waals surface area contributed by atoms with Crippen LogP contribution in [-0.2, 0) is 0 Å². The average molecular weight is 514 g/mol. The third-order valence-corrected chi connectivity index (χ3v) is 7.79. The summed E-state index contributed by atoms with van der Waals surface area (Å²) in [5.74, 6) is -0.770. The first-order chi connectivity index (χ1) is 17.5. The molecule has 1 aromatic heterocycles. The third kappa shape index (κ3) is 6.20. The number of allylic oxidation sites excluding steroid dienone is 1. The Morgan fingerprint density at radius 3 is 2.62 bits per heavy atom. The van der Waals surface area contributed by atoms with E-state index in [1.807, 2.05) is 20.8 Å². The van der Waals surface area contributed by atoms with Crippen LogP contribution < -0.4 is 11.1 Å². The fourth-order valence-electron chi connectivity index (χ4n) is 5.57. The van der Waals surface area contributed by atoms with Gasteiger partial charge in [-0.1, -0.05) is 32.1 Å². The van der Waals surface area contributed by atoms with Crippen LogP contribution in [0.5, 0.6) is 0 Å². The largest absolute Gasteiger partial charge is 0.394 e. The summed E-state index contributed by atoms with van der Waals surface area (Å²) >= 11 is 0. The van der Waals surface area contributed by atoms with Gasteiger partial charge in [-0.25, -0.2) is 18.7 Å². The number of aromatic nitrogens is 2. The molecule has 10 heteroatoms. The van der Waals surface area contributed by atoms with E-state index in [1.54, 1.807) is 19.2 Å². The minimum absolute atomic E-state index is 0.00808.